The van der Waals surface area contributed by atoms with E-state index < -0.39 is 6.10 Å². The van der Waals surface area contributed by atoms with Crippen LogP contribution in [-0.4, -0.2) is 41.7 Å². The molecule has 0 aliphatic carbocycles. The van der Waals surface area contributed by atoms with Crippen LogP contribution < -0.4 is 0 Å². The van der Waals surface area contributed by atoms with Crippen LogP contribution in [0.4, 0.5) is 0 Å². The maximum atomic E-state index is 12.6. The molecule has 0 aromatic carbocycles. The number of thiophene rings is 1. The van der Waals surface area contributed by atoms with Crippen LogP contribution >= 0.6 is 22.9 Å². The second-order valence-corrected chi connectivity index (χ2v) is 6.81. The fourth-order valence-corrected chi connectivity index (χ4v) is 3.54. The first-order valence-corrected chi connectivity index (χ1v) is 8.20. The molecular weight excluding hydrogens is 326 g/mol. The van der Waals surface area contributed by atoms with E-state index in [1.807, 2.05) is 0 Å². The SMILES string of the molecule is O=C(c1ccc(Cl)s1)N1CCOC[C@H]1C[C@@H](O)c1ccco1. The second-order valence-electron chi connectivity index (χ2n) is 5.10. The maximum Gasteiger partial charge on any atom is 0.264 e. The number of hydrogen-bond acceptors (Lipinski definition) is 5. The van der Waals surface area contributed by atoms with Crippen LogP contribution in [0, 0.1) is 0 Å². The van der Waals surface area contributed by atoms with Gasteiger partial charge in [0.15, 0.2) is 0 Å². The molecule has 3 rings (SSSR count). The third-order valence-corrected chi connectivity index (χ3v) is 4.86. The lowest BCUT2D eigenvalue weighted by molar-refractivity contribution is -0.0193. The molecule has 2 atom stereocenters. The van der Waals surface area contributed by atoms with E-state index in [1.165, 1.54) is 17.6 Å². The first kappa shape index (κ1) is 15.6. The van der Waals surface area contributed by atoms with Gasteiger partial charge in [-0.25, -0.2) is 0 Å². The lowest BCUT2D eigenvalue weighted by Gasteiger charge is -2.36. The molecule has 0 spiro atoms. The van der Waals surface area contributed by atoms with Gasteiger partial charge in [-0.05, 0) is 24.3 Å². The summed E-state index contributed by atoms with van der Waals surface area (Å²) in [6.07, 6.45) is 1.13. The molecule has 1 saturated heterocycles. The number of carbonyl (C=O) groups is 1. The zero-order valence-electron chi connectivity index (χ0n) is 11.8. The van der Waals surface area contributed by atoms with Gasteiger partial charge in [0.1, 0.15) is 11.9 Å². The molecule has 1 N–H and O–H groups in total. The van der Waals surface area contributed by atoms with Gasteiger partial charge >= 0.3 is 0 Å². The van der Waals surface area contributed by atoms with Gasteiger partial charge in [-0.15, -0.1) is 11.3 Å². The van der Waals surface area contributed by atoms with Gasteiger partial charge in [0, 0.05) is 13.0 Å². The Balaban J connectivity index is 1.72. The molecule has 0 radical (unpaired) electrons. The van der Waals surface area contributed by atoms with Crippen molar-refractivity contribution in [1.29, 1.82) is 0 Å². The topological polar surface area (TPSA) is 62.9 Å². The van der Waals surface area contributed by atoms with Crippen LogP contribution in [0.15, 0.2) is 34.9 Å². The van der Waals surface area contributed by atoms with Gasteiger partial charge in [0.2, 0.25) is 0 Å². The fraction of sp³-hybridized carbons (Fsp3) is 0.400. The van der Waals surface area contributed by atoms with Gasteiger partial charge in [0.25, 0.3) is 5.91 Å². The van der Waals surface area contributed by atoms with E-state index in [0.29, 0.717) is 41.2 Å². The number of morpholine rings is 1. The third-order valence-electron chi connectivity index (χ3n) is 3.64. The van der Waals surface area contributed by atoms with E-state index in [-0.39, 0.29) is 11.9 Å². The summed E-state index contributed by atoms with van der Waals surface area (Å²) in [6.45, 7) is 1.41. The number of aliphatic hydroxyl groups is 1. The molecular formula is C15H16ClNO4S. The van der Waals surface area contributed by atoms with Gasteiger partial charge in [0.05, 0.1) is 34.7 Å². The van der Waals surface area contributed by atoms with Gasteiger partial charge < -0.3 is 19.2 Å². The average Bonchev–Trinajstić information content (AvgIpc) is 3.18. The Labute approximate surface area is 137 Å². The van der Waals surface area contributed by atoms with Crippen LogP contribution in [0.1, 0.15) is 28.0 Å². The van der Waals surface area contributed by atoms with Crippen LogP contribution in [-0.2, 0) is 4.74 Å². The minimum Gasteiger partial charge on any atom is -0.467 e. The van der Waals surface area contributed by atoms with Crippen molar-refractivity contribution in [2.75, 3.05) is 19.8 Å². The molecule has 0 bridgehead atoms. The first-order valence-electron chi connectivity index (χ1n) is 7.00. The van der Waals surface area contributed by atoms with Gasteiger partial charge in [-0.3, -0.25) is 4.79 Å². The molecule has 7 heteroatoms. The van der Waals surface area contributed by atoms with Crippen molar-refractivity contribution in [3.63, 3.8) is 0 Å². The van der Waals surface area contributed by atoms with E-state index in [9.17, 15) is 9.90 Å². The zero-order chi connectivity index (χ0) is 15.5. The van der Waals surface area contributed by atoms with E-state index in [4.69, 9.17) is 20.8 Å². The molecule has 22 heavy (non-hydrogen) atoms. The van der Waals surface area contributed by atoms with Crippen molar-refractivity contribution in [2.24, 2.45) is 0 Å². The largest absolute Gasteiger partial charge is 0.467 e. The zero-order valence-corrected chi connectivity index (χ0v) is 13.3. The normalized spacial score (nSPS) is 20.1. The van der Waals surface area contributed by atoms with Crippen molar-refractivity contribution >= 4 is 28.8 Å². The Kier molecular flexibility index (Phi) is 4.83. The van der Waals surface area contributed by atoms with Crippen molar-refractivity contribution in [3.05, 3.63) is 45.5 Å². The lowest BCUT2D eigenvalue weighted by Crippen LogP contribution is -2.49. The maximum absolute atomic E-state index is 12.6. The summed E-state index contributed by atoms with van der Waals surface area (Å²) in [6, 6.07) is 6.70. The number of amides is 1. The molecule has 0 unspecified atom stereocenters. The van der Waals surface area contributed by atoms with Gasteiger partial charge in [-0.2, -0.15) is 0 Å². The minimum absolute atomic E-state index is 0.0724. The fourth-order valence-electron chi connectivity index (χ4n) is 2.54. The van der Waals surface area contributed by atoms with Crippen molar-refractivity contribution < 1.29 is 19.1 Å². The van der Waals surface area contributed by atoms with E-state index in [0.717, 1.165) is 0 Å². The summed E-state index contributed by atoms with van der Waals surface area (Å²) >= 11 is 7.16. The summed E-state index contributed by atoms with van der Waals surface area (Å²) in [5.41, 5.74) is 0. The molecule has 118 valence electrons. The highest BCUT2D eigenvalue weighted by molar-refractivity contribution is 7.17. The highest BCUT2D eigenvalue weighted by Gasteiger charge is 2.31. The van der Waals surface area contributed by atoms with Gasteiger partial charge in [-0.1, -0.05) is 11.6 Å². The summed E-state index contributed by atoms with van der Waals surface area (Å²) in [7, 11) is 0. The molecule has 1 aliphatic heterocycles. The second kappa shape index (κ2) is 6.83. The minimum atomic E-state index is -0.760. The number of halogens is 1. The average molecular weight is 342 g/mol. The Hall–Kier alpha value is -1.34. The van der Waals surface area contributed by atoms with E-state index in [2.05, 4.69) is 0 Å². The highest BCUT2D eigenvalue weighted by atomic mass is 35.5. The molecule has 2 aromatic heterocycles. The number of furan rings is 1. The number of hydrogen-bond donors (Lipinski definition) is 1. The Morgan fingerprint density at radius 1 is 1.50 bits per heavy atom. The predicted molar refractivity (Wildman–Crippen MR) is 83.3 cm³/mol. The lowest BCUT2D eigenvalue weighted by atomic mass is 10.1. The van der Waals surface area contributed by atoms with E-state index >= 15 is 0 Å². The summed E-state index contributed by atoms with van der Waals surface area (Å²) in [5, 5.41) is 10.2. The molecule has 2 aromatic rings. The van der Waals surface area contributed by atoms with Crippen molar-refractivity contribution in [2.45, 2.75) is 18.6 Å². The van der Waals surface area contributed by atoms with Crippen molar-refractivity contribution in [1.82, 2.24) is 4.90 Å². The molecule has 3 heterocycles. The number of aliphatic hydroxyl groups excluding tert-OH is 1. The molecule has 5 nitrogen and oxygen atoms in total. The molecule has 1 aliphatic rings. The predicted octanol–water partition coefficient (Wildman–Crippen LogP) is 2.96. The van der Waals surface area contributed by atoms with Crippen LogP contribution in [0.3, 0.4) is 0 Å². The summed E-state index contributed by atoms with van der Waals surface area (Å²) in [4.78, 5) is 15.0. The van der Waals surface area contributed by atoms with E-state index in [1.54, 1.807) is 29.2 Å². The highest BCUT2D eigenvalue weighted by Crippen LogP contribution is 2.27. The number of carbonyl (C=O) groups excluding carboxylic acids is 1. The van der Waals surface area contributed by atoms with Crippen LogP contribution in [0.2, 0.25) is 4.34 Å². The number of ether oxygens (including phenoxy) is 1. The standard InChI is InChI=1S/C15H16ClNO4S/c16-14-4-3-13(22-14)15(19)17-5-7-20-9-10(17)8-11(18)12-2-1-6-21-12/h1-4,6,10-11,18H,5,7-9H2/t10-,11-/m1/s1. The summed E-state index contributed by atoms with van der Waals surface area (Å²) in [5.74, 6) is 0.425. The number of rotatable bonds is 4. The quantitative estimate of drug-likeness (QED) is 0.928. The monoisotopic (exact) mass is 341 g/mol. The van der Waals surface area contributed by atoms with Crippen LogP contribution in [0.25, 0.3) is 0 Å². The third kappa shape index (κ3) is 3.35. The Morgan fingerprint density at radius 2 is 2.36 bits per heavy atom. The Bertz CT molecular complexity index is 627. The smallest absolute Gasteiger partial charge is 0.264 e. The number of nitrogens with zero attached hydrogens (tertiary/aromatic N) is 1. The molecule has 1 fully saturated rings. The Morgan fingerprint density at radius 3 is 3.05 bits per heavy atom. The first-order chi connectivity index (χ1) is 10.6. The summed E-state index contributed by atoms with van der Waals surface area (Å²) < 4.78 is 11.3. The molecule has 1 amide bonds. The van der Waals surface area contributed by atoms with Crippen molar-refractivity contribution in [3.8, 4) is 0 Å². The molecule has 0 saturated carbocycles. The van der Waals surface area contributed by atoms with Crippen LogP contribution in [0.5, 0.6) is 0 Å².